The Hall–Kier alpha value is -0.770. The van der Waals surface area contributed by atoms with Gasteiger partial charge in [-0.1, -0.05) is 6.07 Å². The summed E-state index contributed by atoms with van der Waals surface area (Å²) in [5.74, 6) is 0. The molecule has 0 atom stereocenters. The van der Waals surface area contributed by atoms with Crippen molar-refractivity contribution in [2.24, 2.45) is 0 Å². The van der Waals surface area contributed by atoms with Crippen molar-refractivity contribution in [3.63, 3.8) is 0 Å². The monoisotopic (exact) mass is 177 g/mol. The highest BCUT2D eigenvalue weighted by Crippen LogP contribution is 2.55. The van der Waals surface area contributed by atoms with E-state index in [1.54, 1.807) is 6.07 Å². The van der Waals surface area contributed by atoms with E-state index in [1.165, 1.54) is 18.2 Å². The lowest BCUT2D eigenvalue weighted by Gasteiger charge is -2.14. The second-order valence-corrected chi connectivity index (χ2v) is 4.22. The van der Waals surface area contributed by atoms with Gasteiger partial charge in [0.05, 0.1) is 10.8 Å². The first kappa shape index (κ1) is 8.33. The number of hydrogen-bond acceptors (Lipinski definition) is 1. The fourth-order valence-corrected chi connectivity index (χ4v) is 1.40. The molecular formula is C7H9F2NS. The number of nitrogen functional groups attached to an aromatic ring is 1. The van der Waals surface area contributed by atoms with Gasteiger partial charge in [0.2, 0.25) is 0 Å². The molecule has 0 saturated carbocycles. The lowest BCUT2D eigenvalue weighted by molar-refractivity contribution is 0.752. The minimum absolute atomic E-state index is 0.0394. The van der Waals surface area contributed by atoms with Crippen LogP contribution < -0.4 is 5.73 Å². The Morgan fingerprint density at radius 3 is 2.36 bits per heavy atom. The third-order valence-corrected chi connectivity index (χ3v) is 2.35. The number of hydrogen-bond donors (Lipinski definition) is 1. The third kappa shape index (κ3) is 2.08. The molecule has 0 unspecified atom stereocenters. The summed E-state index contributed by atoms with van der Waals surface area (Å²) in [7, 11) is -3.61. The lowest BCUT2D eigenvalue weighted by Crippen LogP contribution is -1.88. The maximum Gasteiger partial charge on any atom is 0.0824 e. The quantitative estimate of drug-likeness (QED) is 0.656. The zero-order chi connectivity index (χ0) is 8.48. The van der Waals surface area contributed by atoms with Crippen molar-refractivity contribution in [1.29, 1.82) is 0 Å². The van der Waals surface area contributed by atoms with Crippen molar-refractivity contribution in [2.75, 3.05) is 12.0 Å². The lowest BCUT2D eigenvalue weighted by atomic mass is 10.3. The van der Waals surface area contributed by atoms with Crippen LogP contribution in [0.25, 0.3) is 0 Å². The topological polar surface area (TPSA) is 26.0 Å². The maximum absolute atomic E-state index is 12.7. The highest BCUT2D eigenvalue weighted by Gasteiger charge is 2.17. The number of halogens is 2. The van der Waals surface area contributed by atoms with Gasteiger partial charge in [-0.25, -0.2) is 0 Å². The first-order chi connectivity index (χ1) is 5.00. The van der Waals surface area contributed by atoms with Gasteiger partial charge in [0.15, 0.2) is 0 Å². The van der Waals surface area contributed by atoms with E-state index in [0.717, 1.165) is 6.26 Å². The van der Waals surface area contributed by atoms with E-state index >= 15 is 0 Å². The van der Waals surface area contributed by atoms with Gasteiger partial charge in [-0.3, -0.25) is 0 Å². The van der Waals surface area contributed by atoms with E-state index in [2.05, 4.69) is 0 Å². The molecule has 1 aromatic carbocycles. The van der Waals surface area contributed by atoms with E-state index in [-0.39, 0.29) is 4.90 Å². The van der Waals surface area contributed by atoms with Gasteiger partial charge in [-0.15, -0.1) is 0 Å². The summed E-state index contributed by atoms with van der Waals surface area (Å²) in [6, 6.07) is 5.84. The summed E-state index contributed by atoms with van der Waals surface area (Å²) in [6.45, 7) is 0. The molecule has 4 heteroatoms. The van der Waals surface area contributed by atoms with E-state index in [0.29, 0.717) is 5.69 Å². The molecule has 1 rings (SSSR count). The SMILES string of the molecule is CS(F)(F)c1cccc(N)c1. The van der Waals surface area contributed by atoms with Crippen molar-refractivity contribution >= 4 is 16.5 Å². The van der Waals surface area contributed by atoms with Crippen LogP contribution in [0.2, 0.25) is 0 Å². The summed E-state index contributed by atoms with van der Waals surface area (Å²) in [6.07, 6.45) is 0.932. The number of nitrogens with two attached hydrogens (primary N) is 1. The van der Waals surface area contributed by atoms with Gasteiger partial charge in [-0.05, 0) is 18.2 Å². The van der Waals surface area contributed by atoms with Gasteiger partial charge in [0, 0.05) is 16.8 Å². The second-order valence-electron chi connectivity index (χ2n) is 2.30. The molecule has 0 aromatic heterocycles. The molecule has 0 aliphatic carbocycles. The van der Waals surface area contributed by atoms with Gasteiger partial charge in [-0.2, -0.15) is 7.77 Å². The number of benzene rings is 1. The van der Waals surface area contributed by atoms with Gasteiger partial charge < -0.3 is 5.73 Å². The summed E-state index contributed by atoms with van der Waals surface area (Å²) in [5, 5.41) is 0. The van der Waals surface area contributed by atoms with E-state index < -0.39 is 10.8 Å². The largest absolute Gasteiger partial charge is 0.399 e. The summed E-state index contributed by atoms with van der Waals surface area (Å²) in [5.41, 5.74) is 5.72. The van der Waals surface area contributed by atoms with Crippen LogP contribution in [-0.2, 0) is 0 Å². The molecule has 0 saturated heterocycles. The molecular weight excluding hydrogens is 168 g/mol. The van der Waals surface area contributed by atoms with Crippen LogP contribution in [0.1, 0.15) is 0 Å². The zero-order valence-corrected chi connectivity index (χ0v) is 6.87. The molecule has 1 nitrogen and oxygen atoms in total. The minimum Gasteiger partial charge on any atom is -0.399 e. The standard InChI is InChI=1S/C7H9F2NS/c1-11(8,9)7-4-2-3-6(10)5-7/h2-5H,10H2,1H3. The van der Waals surface area contributed by atoms with Crippen molar-refractivity contribution in [2.45, 2.75) is 4.90 Å². The van der Waals surface area contributed by atoms with Gasteiger partial charge in [0.1, 0.15) is 0 Å². The molecule has 0 amide bonds. The molecule has 0 heterocycles. The van der Waals surface area contributed by atoms with Crippen LogP contribution in [0, 0.1) is 0 Å². The second kappa shape index (κ2) is 2.70. The smallest absolute Gasteiger partial charge is 0.0824 e. The molecule has 0 aliphatic heterocycles. The minimum atomic E-state index is -3.61. The molecule has 11 heavy (non-hydrogen) atoms. The fourth-order valence-electron chi connectivity index (χ4n) is 0.737. The average Bonchev–Trinajstić information content (AvgIpc) is 1.86. The van der Waals surface area contributed by atoms with Crippen LogP contribution in [0.4, 0.5) is 13.5 Å². The van der Waals surface area contributed by atoms with Crippen molar-refractivity contribution in [1.82, 2.24) is 0 Å². The van der Waals surface area contributed by atoms with Crippen molar-refractivity contribution in [3.8, 4) is 0 Å². The highest BCUT2D eigenvalue weighted by molar-refractivity contribution is 8.24. The fraction of sp³-hybridized carbons (Fsp3) is 0.143. The normalized spacial score (nSPS) is 13.0. The maximum atomic E-state index is 12.7. The Kier molecular flexibility index (Phi) is 2.04. The Balaban J connectivity index is 3.06. The predicted octanol–water partition coefficient (Wildman–Crippen LogP) is 2.83. The van der Waals surface area contributed by atoms with Crippen LogP contribution in [-0.4, -0.2) is 6.26 Å². The molecule has 0 aliphatic rings. The predicted molar refractivity (Wildman–Crippen MR) is 44.9 cm³/mol. The van der Waals surface area contributed by atoms with Crippen molar-refractivity contribution < 1.29 is 7.77 Å². The van der Waals surface area contributed by atoms with Gasteiger partial charge >= 0.3 is 0 Å². The van der Waals surface area contributed by atoms with Crippen LogP contribution >= 0.6 is 10.8 Å². The molecule has 1 aromatic rings. The summed E-state index contributed by atoms with van der Waals surface area (Å²) >= 11 is 0. The molecule has 62 valence electrons. The Bertz CT molecular complexity index is 257. The summed E-state index contributed by atoms with van der Waals surface area (Å²) in [4.78, 5) is 0.0394. The molecule has 0 bridgehead atoms. The average molecular weight is 177 g/mol. The zero-order valence-electron chi connectivity index (χ0n) is 6.05. The first-order valence-electron chi connectivity index (χ1n) is 3.03. The van der Waals surface area contributed by atoms with E-state index in [4.69, 9.17) is 5.73 Å². The molecule has 0 spiro atoms. The van der Waals surface area contributed by atoms with E-state index in [1.807, 2.05) is 0 Å². The number of anilines is 1. The molecule has 2 N–H and O–H groups in total. The van der Waals surface area contributed by atoms with E-state index in [9.17, 15) is 7.77 Å². The van der Waals surface area contributed by atoms with Crippen molar-refractivity contribution in [3.05, 3.63) is 24.3 Å². The van der Waals surface area contributed by atoms with Gasteiger partial charge in [0.25, 0.3) is 0 Å². The Morgan fingerprint density at radius 1 is 1.36 bits per heavy atom. The van der Waals surface area contributed by atoms with Crippen LogP contribution in [0.5, 0.6) is 0 Å². The third-order valence-electron chi connectivity index (χ3n) is 1.27. The highest BCUT2D eigenvalue weighted by atomic mass is 32.3. The first-order valence-corrected chi connectivity index (χ1v) is 4.87. The Labute approximate surface area is 66.1 Å². The summed E-state index contributed by atoms with van der Waals surface area (Å²) < 4.78 is 25.3. The van der Waals surface area contributed by atoms with Crippen LogP contribution in [0.3, 0.4) is 0 Å². The Morgan fingerprint density at radius 2 is 2.00 bits per heavy atom. The number of rotatable bonds is 1. The molecule has 0 radical (unpaired) electrons. The molecule has 0 fully saturated rings. The van der Waals surface area contributed by atoms with Crippen LogP contribution in [0.15, 0.2) is 29.2 Å².